The molecular weight excluding hydrogens is 288 g/mol. The number of methoxy groups -OCH3 is 1. The van der Waals surface area contributed by atoms with Crippen molar-refractivity contribution in [3.8, 4) is 5.75 Å². The molecule has 3 aliphatic rings. The molecule has 23 heavy (non-hydrogen) atoms. The minimum Gasteiger partial charge on any atom is -0.496 e. The molecule has 2 aliphatic carbocycles. The van der Waals surface area contributed by atoms with E-state index in [0.29, 0.717) is 0 Å². The zero-order valence-electron chi connectivity index (χ0n) is 13.3. The molecule has 0 aromatic heterocycles. The minimum absolute atomic E-state index is 0.0110. The van der Waals surface area contributed by atoms with E-state index in [1.165, 1.54) is 5.56 Å². The van der Waals surface area contributed by atoms with E-state index in [2.05, 4.69) is 18.9 Å². The molecule has 0 N–H and O–H groups in total. The number of ether oxygens (including phenoxy) is 1. The van der Waals surface area contributed by atoms with Crippen molar-refractivity contribution in [2.75, 3.05) is 7.11 Å². The van der Waals surface area contributed by atoms with Gasteiger partial charge in [0, 0.05) is 29.9 Å². The lowest BCUT2D eigenvalue weighted by Gasteiger charge is -2.32. The summed E-state index contributed by atoms with van der Waals surface area (Å²) in [5.74, 6) is 2.31. The molecule has 4 rings (SSSR count). The second-order valence-electron chi connectivity index (χ2n) is 6.14. The predicted octanol–water partition coefficient (Wildman–Crippen LogP) is 2.60. The maximum Gasteiger partial charge on any atom is 0.239 e. The Hall–Kier alpha value is -1.84. The maximum atomic E-state index is 12.1. The summed E-state index contributed by atoms with van der Waals surface area (Å²) in [5, 5.41) is 6.37. The molecular formula is C19H19N2O2. The number of rotatable bonds is 2. The summed E-state index contributed by atoms with van der Waals surface area (Å²) in [5.41, 5.74) is 3.35. The highest BCUT2D eigenvalue weighted by Gasteiger charge is 2.47. The smallest absolute Gasteiger partial charge is 0.239 e. The maximum absolute atomic E-state index is 12.1. The molecule has 1 saturated carbocycles. The molecule has 1 fully saturated rings. The van der Waals surface area contributed by atoms with E-state index >= 15 is 0 Å². The number of fused-ring (bicyclic) bond motifs is 3. The number of carbonyl (C=O) groups is 1. The second-order valence-corrected chi connectivity index (χ2v) is 6.14. The van der Waals surface area contributed by atoms with Gasteiger partial charge in [-0.05, 0) is 44.6 Å². The van der Waals surface area contributed by atoms with Crippen molar-refractivity contribution < 1.29 is 9.53 Å². The summed E-state index contributed by atoms with van der Waals surface area (Å²) in [7, 11) is 1.70. The van der Waals surface area contributed by atoms with Gasteiger partial charge in [-0.25, -0.2) is 5.01 Å². The van der Waals surface area contributed by atoms with Crippen molar-refractivity contribution in [1.82, 2.24) is 5.01 Å². The molecule has 5 radical (unpaired) electrons. The first-order valence-electron chi connectivity index (χ1n) is 7.97. The van der Waals surface area contributed by atoms with Gasteiger partial charge in [-0.15, -0.1) is 0 Å². The summed E-state index contributed by atoms with van der Waals surface area (Å²) in [6.07, 6.45) is 10.1. The monoisotopic (exact) mass is 307 g/mol. The Labute approximate surface area is 137 Å². The molecule has 117 valence electrons. The Balaban J connectivity index is 1.76. The number of nitrogens with zero attached hydrogens (tertiary/aromatic N) is 2. The van der Waals surface area contributed by atoms with Crippen LogP contribution in [0.15, 0.2) is 23.3 Å². The van der Waals surface area contributed by atoms with Crippen LogP contribution in [0, 0.1) is 37.5 Å². The van der Waals surface area contributed by atoms with Gasteiger partial charge in [-0.1, -0.05) is 12.1 Å². The quantitative estimate of drug-likeness (QED) is 0.843. The lowest BCUT2D eigenvalue weighted by atomic mass is 9.75. The SMILES string of the molecule is COc1cccc2c1CC[C@@H]1C2=NN(C(C)=O)[C@@H]1[C]1[CH][CH][CH][CH]1. The topological polar surface area (TPSA) is 41.9 Å². The highest BCUT2D eigenvalue weighted by atomic mass is 16.5. The Morgan fingerprint density at radius 2 is 2.09 bits per heavy atom. The van der Waals surface area contributed by atoms with E-state index in [1.54, 1.807) is 19.0 Å². The van der Waals surface area contributed by atoms with E-state index in [1.807, 2.05) is 25.0 Å². The van der Waals surface area contributed by atoms with Gasteiger partial charge in [0.2, 0.25) is 5.91 Å². The normalized spacial score (nSPS) is 26.7. The molecule has 1 heterocycles. The third kappa shape index (κ3) is 2.27. The average Bonchev–Trinajstić information content (AvgIpc) is 3.20. The van der Waals surface area contributed by atoms with Crippen LogP contribution in [0.25, 0.3) is 0 Å². The van der Waals surface area contributed by atoms with E-state index in [-0.39, 0.29) is 17.9 Å². The van der Waals surface area contributed by atoms with E-state index in [9.17, 15) is 4.79 Å². The van der Waals surface area contributed by atoms with Crippen molar-refractivity contribution >= 4 is 11.6 Å². The van der Waals surface area contributed by atoms with Gasteiger partial charge < -0.3 is 4.74 Å². The standard InChI is InChI=1S/C19H19N2O2/c1-12(22)21-19(13-6-3-4-7-13)16-11-10-14-15(18(16)20-21)8-5-9-17(14)23-2/h3-9,16,19H,10-11H2,1-2H3/t16-,19-/m1/s1. The summed E-state index contributed by atoms with van der Waals surface area (Å²) < 4.78 is 5.50. The molecule has 4 nitrogen and oxygen atoms in total. The summed E-state index contributed by atoms with van der Waals surface area (Å²) >= 11 is 0. The molecule has 1 aromatic rings. The van der Waals surface area contributed by atoms with E-state index in [0.717, 1.165) is 35.8 Å². The molecule has 0 unspecified atom stereocenters. The van der Waals surface area contributed by atoms with Crippen LogP contribution >= 0.6 is 0 Å². The number of carbonyl (C=O) groups excluding carboxylic acids is 1. The van der Waals surface area contributed by atoms with Crippen LogP contribution in [0.1, 0.15) is 24.5 Å². The third-order valence-electron chi connectivity index (χ3n) is 4.90. The largest absolute Gasteiger partial charge is 0.496 e. The van der Waals surface area contributed by atoms with Gasteiger partial charge in [0.1, 0.15) is 5.75 Å². The second kappa shape index (κ2) is 5.66. The zero-order chi connectivity index (χ0) is 16.0. The summed E-state index contributed by atoms with van der Waals surface area (Å²) in [4.78, 5) is 12.1. The van der Waals surface area contributed by atoms with Gasteiger partial charge in [0.05, 0.1) is 18.9 Å². The Morgan fingerprint density at radius 3 is 2.78 bits per heavy atom. The highest BCUT2D eigenvalue weighted by molar-refractivity contribution is 6.07. The fraction of sp³-hybridized carbons (Fsp3) is 0.316. The first kappa shape index (κ1) is 14.7. The van der Waals surface area contributed by atoms with Crippen LogP contribution < -0.4 is 4.74 Å². The lowest BCUT2D eigenvalue weighted by molar-refractivity contribution is -0.130. The molecule has 4 heteroatoms. The highest BCUT2D eigenvalue weighted by Crippen LogP contribution is 2.44. The fourth-order valence-electron chi connectivity index (χ4n) is 3.90. The van der Waals surface area contributed by atoms with Crippen molar-refractivity contribution in [2.24, 2.45) is 11.0 Å². The van der Waals surface area contributed by atoms with E-state index in [4.69, 9.17) is 9.84 Å². The number of amides is 1. The molecule has 1 aromatic carbocycles. The summed E-state index contributed by atoms with van der Waals surface area (Å²) in [6.45, 7) is 1.59. The van der Waals surface area contributed by atoms with Crippen molar-refractivity contribution in [1.29, 1.82) is 0 Å². The Bertz CT molecular complexity index is 661. The van der Waals surface area contributed by atoms with Crippen molar-refractivity contribution in [2.45, 2.75) is 25.8 Å². The van der Waals surface area contributed by atoms with Crippen molar-refractivity contribution in [3.63, 3.8) is 0 Å². The van der Waals surface area contributed by atoms with Crippen LogP contribution in [0.3, 0.4) is 0 Å². The number of benzene rings is 1. The van der Waals surface area contributed by atoms with Gasteiger partial charge in [0.15, 0.2) is 0 Å². The van der Waals surface area contributed by atoms with Gasteiger partial charge in [-0.3, -0.25) is 4.79 Å². The van der Waals surface area contributed by atoms with Crippen molar-refractivity contribution in [3.05, 3.63) is 60.9 Å². The van der Waals surface area contributed by atoms with Crippen LogP contribution in [-0.2, 0) is 11.2 Å². The fourth-order valence-corrected chi connectivity index (χ4v) is 3.90. The molecule has 0 saturated heterocycles. The first-order valence-corrected chi connectivity index (χ1v) is 7.97. The molecule has 1 amide bonds. The third-order valence-corrected chi connectivity index (χ3v) is 4.90. The first-order chi connectivity index (χ1) is 11.2. The average molecular weight is 307 g/mol. The summed E-state index contributed by atoms with van der Waals surface area (Å²) in [6, 6.07) is 6.09. The number of hydrogen-bond donors (Lipinski definition) is 0. The predicted molar refractivity (Wildman–Crippen MR) is 88.1 cm³/mol. The van der Waals surface area contributed by atoms with Crippen LogP contribution in [0.2, 0.25) is 0 Å². The molecule has 2 atom stereocenters. The number of hydrogen-bond acceptors (Lipinski definition) is 3. The van der Waals surface area contributed by atoms with Gasteiger partial charge in [-0.2, -0.15) is 5.10 Å². The Morgan fingerprint density at radius 1 is 1.30 bits per heavy atom. The lowest BCUT2D eigenvalue weighted by Crippen LogP contribution is -2.41. The molecule has 1 aliphatic heterocycles. The van der Waals surface area contributed by atoms with Crippen LogP contribution in [0.5, 0.6) is 5.75 Å². The number of hydrazone groups is 1. The van der Waals surface area contributed by atoms with E-state index < -0.39 is 0 Å². The van der Waals surface area contributed by atoms with Gasteiger partial charge >= 0.3 is 0 Å². The minimum atomic E-state index is -0.0115. The molecule has 0 bridgehead atoms. The van der Waals surface area contributed by atoms with Crippen LogP contribution in [-0.4, -0.2) is 29.8 Å². The molecule has 0 spiro atoms. The van der Waals surface area contributed by atoms with Crippen LogP contribution in [0.4, 0.5) is 0 Å². The van der Waals surface area contributed by atoms with Gasteiger partial charge in [0.25, 0.3) is 0 Å². The Kier molecular flexibility index (Phi) is 3.63. The zero-order valence-corrected chi connectivity index (χ0v) is 13.3.